The van der Waals surface area contributed by atoms with Crippen molar-refractivity contribution in [2.24, 2.45) is 0 Å². The van der Waals surface area contributed by atoms with Crippen LogP contribution in [-0.4, -0.2) is 29.3 Å². The van der Waals surface area contributed by atoms with Crippen molar-refractivity contribution in [1.29, 1.82) is 0 Å². The fourth-order valence-corrected chi connectivity index (χ4v) is 1.93. The minimum Gasteiger partial charge on any atom is -0.507 e. The average molecular weight is 316 g/mol. The zero-order valence-corrected chi connectivity index (χ0v) is 11.7. The number of benzene rings is 1. The van der Waals surface area contributed by atoms with Crippen LogP contribution in [0.1, 0.15) is 36.0 Å². The molecule has 0 spiro atoms. The third-order valence-electron chi connectivity index (χ3n) is 2.57. The van der Waals surface area contributed by atoms with Crippen LogP contribution in [0.4, 0.5) is 0 Å². The van der Waals surface area contributed by atoms with E-state index < -0.39 is 0 Å². The third kappa shape index (κ3) is 5.06. The Morgan fingerprint density at radius 2 is 1.94 bits per heavy atom. The number of hydrogen-bond acceptors (Lipinski definition) is 3. The van der Waals surface area contributed by atoms with Crippen LogP contribution >= 0.6 is 15.9 Å². The Morgan fingerprint density at radius 3 is 2.61 bits per heavy atom. The summed E-state index contributed by atoms with van der Waals surface area (Å²) < 4.78 is 0.737. The predicted octanol–water partition coefficient (Wildman–Crippen LogP) is 2.44. The molecular formula is C13H18BrNO3. The van der Waals surface area contributed by atoms with Gasteiger partial charge >= 0.3 is 0 Å². The van der Waals surface area contributed by atoms with Gasteiger partial charge in [-0.2, -0.15) is 0 Å². The van der Waals surface area contributed by atoms with Crippen molar-refractivity contribution >= 4 is 21.8 Å². The molecule has 0 atom stereocenters. The van der Waals surface area contributed by atoms with Crippen LogP contribution < -0.4 is 5.32 Å². The summed E-state index contributed by atoms with van der Waals surface area (Å²) in [5, 5.41) is 21.0. The van der Waals surface area contributed by atoms with Crippen LogP contribution in [0.15, 0.2) is 22.7 Å². The van der Waals surface area contributed by atoms with E-state index in [-0.39, 0.29) is 23.8 Å². The van der Waals surface area contributed by atoms with Crippen LogP contribution in [0.5, 0.6) is 5.75 Å². The van der Waals surface area contributed by atoms with Crippen molar-refractivity contribution in [1.82, 2.24) is 5.32 Å². The number of hydrogen-bond donors (Lipinski definition) is 3. The first-order valence-corrected chi connectivity index (χ1v) is 6.82. The van der Waals surface area contributed by atoms with Gasteiger partial charge in [-0.1, -0.05) is 28.8 Å². The Labute approximate surface area is 115 Å². The molecule has 1 rings (SSSR count). The fourth-order valence-electron chi connectivity index (χ4n) is 1.58. The lowest BCUT2D eigenvalue weighted by Gasteiger charge is -2.07. The number of unbranched alkanes of at least 4 members (excludes halogenated alkanes) is 3. The zero-order chi connectivity index (χ0) is 13.4. The molecule has 4 nitrogen and oxygen atoms in total. The SMILES string of the molecule is O=C(NCCCCCCO)c1ccc(Br)cc1O. The second-order valence-electron chi connectivity index (χ2n) is 4.06. The second-order valence-corrected chi connectivity index (χ2v) is 4.97. The smallest absolute Gasteiger partial charge is 0.255 e. The molecule has 100 valence electrons. The van der Waals surface area contributed by atoms with E-state index >= 15 is 0 Å². The van der Waals surface area contributed by atoms with Gasteiger partial charge in [0.25, 0.3) is 5.91 Å². The first-order chi connectivity index (χ1) is 8.65. The minimum absolute atomic E-state index is 0.0258. The van der Waals surface area contributed by atoms with Gasteiger partial charge in [0.1, 0.15) is 5.75 Å². The van der Waals surface area contributed by atoms with Crippen molar-refractivity contribution in [3.63, 3.8) is 0 Å². The summed E-state index contributed by atoms with van der Waals surface area (Å²) in [4.78, 5) is 11.7. The van der Waals surface area contributed by atoms with Gasteiger partial charge in [0.05, 0.1) is 5.56 Å². The molecule has 3 N–H and O–H groups in total. The Bertz CT molecular complexity index is 396. The summed E-state index contributed by atoms with van der Waals surface area (Å²) in [6, 6.07) is 4.80. The molecule has 1 aromatic carbocycles. The topological polar surface area (TPSA) is 69.6 Å². The molecule has 1 aromatic rings. The maximum atomic E-state index is 11.7. The van der Waals surface area contributed by atoms with Gasteiger partial charge in [-0.25, -0.2) is 0 Å². The summed E-state index contributed by atoms with van der Waals surface area (Å²) in [5.41, 5.74) is 0.286. The normalized spacial score (nSPS) is 10.3. The van der Waals surface area contributed by atoms with Gasteiger partial charge < -0.3 is 15.5 Å². The van der Waals surface area contributed by atoms with E-state index in [4.69, 9.17) is 5.11 Å². The van der Waals surface area contributed by atoms with Crippen molar-refractivity contribution in [3.05, 3.63) is 28.2 Å². The summed E-state index contributed by atoms with van der Waals surface area (Å²) in [5.74, 6) is -0.288. The van der Waals surface area contributed by atoms with Gasteiger partial charge in [0, 0.05) is 17.6 Å². The van der Waals surface area contributed by atoms with Gasteiger partial charge in [-0.05, 0) is 31.0 Å². The number of aromatic hydroxyl groups is 1. The van der Waals surface area contributed by atoms with E-state index in [2.05, 4.69) is 21.2 Å². The predicted molar refractivity (Wildman–Crippen MR) is 73.7 cm³/mol. The first-order valence-electron chi connectivity index (χ1n) is 6.02. The molecule has 0 radical (unpaired) electrons. The molecule has 0 unspecified atom stereocenters. The molecule has 0 aliphatic heterocycles. The highest BCUT2D eigenvalue weighted by Crippen LogP contribution is 2.21. The number of halogens is 1. The maximum Gasteiger partial charge on any atom is 0.255 e. The average Bonchev–Trinajstić information content (AvgIpc) is 2.33. The molecule has 5 heteroatoms. The van der Waals surface area contributed by atoms with Gasteiger partial charge in [0.2, 0.25) is 0 Å². The van der Waals surface area contributed by atoms with E-state index in [0.29, 0.717) is 6.54 Å². The van der Waals surface area contributed by atoms with Crippen LogP contribution in [0.2, 0.25) is 0 Å². The second kappa shape index (κ2) is 8.11. The van der Waals surface area contributed by atoms with Crippen LogP contribution in [0, 0.1) is 0 Å². The number of carbonyl (C=O) groups is 1. The Kier molecular flexibility index (Phi) is 6.75. The lowest BCUT2D eigenvalue weighted by Crippen LogP contribution is -2.24. The first kappa shape index (κ1) is 15.0. The van der Waals surface area contributed by atoms with Gasteiger partial charge in [0.15, 0.2) is 0 Å². The molecule has 18 heavy (non-hydrogen) atoms. The number of aliphatic hydroxyl groups is 1. The van der Waals surface area contributed by atoms with E-state index in [0.717, 1.165) is 30.2 Å². The highest BCUT2D eigenvalue weighted by atomic mass is 79.9. The van der Waals surface area contributed by atoms with Crippen molar-refractivity contribution in [2.45, 2.75) is 25.7 Å². The van der Waals surface area contributed by atoms with E-state index in [9.17, 15) is 9.90 Å². The highest BCUT2D eigenvalue weighted by molar-refractivity contribution is 9.10. The lowest BCUT2D eigenvalue weighted by atomic mass is 10.1. The number of phenolic OH excluding ortho intramolecular Hbond substituents is 1. The van der Waals surface area contributed by atoms with Crippen molar-refractivity contribution in [2.75, 3.05) is 13.2 Å². The number of aliphatic hydroxyl groups excluding tert-OH is 1. The molecule has 0 saturated carbocycles. The number of nitrogens with one attached hydrogen (secondary N) is 1. The Hall–Kier alpha value is -1.07. The summed E-state index contributed by atoms with van der Waals surface area (Å²) >= 11 is 3.22. The monoisotopic (exact) mass is 315 g/mol. The number of phenols is 1. The van der Waals surface area contributed by atoms with E-state index in [1.54, 1.807) is 12.1 Å². The quantitative estimate of drug-likeness (QED) is 0.677. The fraction of sp³-hybridized carbons (Fsp3) is 0.462. The zero-order valence-electron chi connectivity index (χ0n) is 10.2. The van der Waals surface area contributed by atoms with Crippen molar-refractivity contribution < 1.29 is 15.0 Å². The van der Waals surface area contributed by atoms with E-state index in [1.807, 2.05) is 0 Å². The number of rotatable bonds is 7. The molecular weight excluding hydrogens is 298 g/mol. The molecule has 0 bridgehead atoms. The number of carbonyl (C=O) groups excluding carboxylic acids is 1. The molecule has 0 aliphatic carbocycles. The maximum absolute atomic E-state index is 11.7. The summed E-state index contributed by atoms with van der Waals surface area (Å²) in [6.07, 6.45) is 3.63. The van der Waals surface area contributed by atoms with Crippen LogP contribution in [0.3, 0.4) is 0 Å². The standard InChI is InChI=1S/C13H18BrNO3/c14-10-5-6-11(12(17)9-10)13(18)15-7-3-1-2-4-8-16/h5-6,9,16-17H,1-4,7-8H2,(H,15,18). The highest BCUT2D eigenvalue weighted by Gasteiger charge is 2.10. The molecule has 0 aliphatic rings. The minimum atomic E-state index is -0.262. The Balaban J connectivity index is 2.32. The molecule has 0 saturated heterocycles. The molecule has 1 amide bonds. The number of amides is 1. The third-order valence-corrected chi connectivity index (χ3v) is 3.07. The molecule has 0 aromatic heterocycles. The summed E-state index contributed by atoms with van der Waals surface area (Å²) in [6.45, 7) is 0.804. The van der Waals surface area contributed by atoms with E-state index in [1.165, 1.54) is 6.07 Å². The molecule has 0 heterocycles. The van der Waals surface area contributed by atoms with Crippen LogP contribution in [-0.2, 0) is 0 Å². The Morgan fingerprint density at radius 1 is 1.22 bits per heavy atom. The molecule has 0 fully saturated rings. The summed E-state index contributed by atoms with van der Waals surface area (Å²) in [7, 11) is 0. The van der Waals surface area contributed by atoms with Gasteiger partial charge in [-0.3, -0.25) is 4.79 Å². The van der Waals surface area contributed by atoms with Crippen molar-refractivity contribution in [3.8, 4) is 5.75 Å². The van der Waals surface area contributed by atoms with Crippen LogP contribution in [0.25, 0.3) is 0 Å². The lowest BCUT2D eigenvalue weighted by molar-refractivity contribution is 0.0950. The van der Waals surface area contributed by atoms with Gasteiger partial charge in [-0.15, -0.1) is 0 Å². The largest absolute Gasteiger partial charge is 0.507 e.